The number of morpholine rings is 1. The smallest absolute Gasteiger partial charge is 0.266 e. The number of amides is 1. The Morgan fingerprint density at radius 2 is 2.14 bits per heavy atom. The van der Waals surface area contributed by atoms with Crippen LogP contribution in [0.2, 0.25) is 0 Å². The Balaban J connectivity index is 1.62. The van der Waals surface area contributed by atoms with Gasteiger partial charge < -0.3 is 19.9 Å². The van der Waals surface area contributed by atoms with E-state index in [1.807, 2.05) is 18.2 Å². The van der Waals surface area contributed by atoms with Crippen LogP contribution in [0.5, 0.6) is 0 Å². The predicted molar refractivity (Wildman–Crippen MR) is 109 cm³/mol. The number of hydrogen-bond donors (Lipinski definition) is 2. The maximum absolute atomic E-state index is 12.4. The second-order valence-electron chi connectivity index (χ2n) is 7.03. The van der Waals surface area contributed by atoms with Crippen molar-refractivity contribution in [2.45, 2.75) is 33.2 Å². The fraction of sp³-hybridized carbons (Fsp3) is 0.429. The first-order valence-electron chi connectivity index (χ1n) is 9.67. The summed E-state index contributed by atoms with van der Waals surface area (Å²) in [6.45, 7) is 6.83. The number of nitrogens with zero attached hydrogens (tertiary/aromatic N) is 3. The number of rotatable bonds is 6. The molecule has 3 heterocycles. The number of aryl methyl sites for hydroxylation is 1. The first kappa shape index (κ1) is 20.6. The molecule has 0 bridgehead atoms. The standard InChI is InChI=1S/C21H25N5O3/c1-14-17(15(2)25-21(28)18(14)12-22)5-6-19(27)24-13-16-4-3-7-23-20(16)26-8-10-29-11-9-26/h3-4,7H,5-6,8-11,13H2,1-2H3,(H,24,27)(H,25,28). The van der Waals surface area contributed by atoms with Crippen LogP contribution in [0.4, 0.5) is 5.82 Å². The van der Waals surface area contributed by atoms with E-state index in [0.717, 1.165) is 30.0 Å². The number of nitrogens with one attached hydrogen (secondary N) is 2. The van der Waals surface area contributed by atoms with Crippen LogP contribution < -0.4 is 15.8 Å². The molecule has 0 unspecified atom stereocenters. The Kier molecular flexibility index (Phi) is 6.62. The molecule has 3 rings (SSSR count). The van der Waals surface area contributed by atoms with Gasteiger partial charge in [0.15, 0.2) is 0 Å². The van der Waals surface area contributed by atoms with Gasteiger partial charge in [-0.25, -0.2) is 4.98 Å². The average Bonchev–Trinajstić information content (AvgIpc) is 2.73. The van der Waals surface area contributed by atoms with Gasteiger partial charge in [0.2, 0.25) is 5.91 Å². The third-order valence-electron chi connectivity index (χ3n) is 5.18. The molecule has 0 radical (unpaired) electrons. The highest BCUT2D eigenvalue weighted by Gasteiger charge is 2.17. The number of carbonyl (C=O) groups is 1. The van der Waals surface area contributed by atoms with Gasteiger partial charge in [0.05, 0.1) is 13.2 Å². The molecule has 1 saturated heterocycles. The monoisotopic (exact) mass is 395 g/mol. The molecule has 1 amide bonds. The van der Waals surface area contributed by atoms with Crippen molar-refractivity contribution >= 4 is 11.7 Å². The Morgan fingerprint density at radius 1 is 1.38 bits per heavy atom. The minimum Gasteiger partial charge on any atom is -0.378 e. The van der Waals surface area contributed by atoms with E-state index < -0.39 is 0 Å². The lowest BCUT2D eigenvalue weighted by Crippen LogP contribution is -2.37. The van der Waals surface area contributed by atoms with E-state index in [1.165, 1.54) is 0 Å². The van der Waals surface area contributed by atoms with Gasteiger partial charge in [-0.1, -0.05) is 6.07 Å². The Hall–Kier alpha value is -3.18. The maximum Gasteiger partial charge on any atom is 0.266 e. The maximum atomic E-state index is 12.4. The quantitative estimate of drug-likeness (QED) is 0.764. The first-order chi connectivity index (χ1) is 14.0. The SMILES string of the molecule is Cc1[nH]c(=O)c(C#N)c(C)c1CCC(=O)NCc1cccnc1N1CCOCC1. The van der Waals surface area contributed by atoms with Gasteiger partial charge in [-0.05, 0) is 37.5 Å². The van der Waals surface area contributed by atoms with E-state index in [2.05, 4.69) is 20.2 Å². The van der Waals surface area contributed by atoms with Gasteiger partial charge in [-0.15, -0.1) is 0 Å². The summed E-state index contributed by atoms with van der Waals surface area (Å²) in [5.41, 5.74) is 2.86. The number of hydrogen-bond acceptors (Lipinski definition) is 6. The van der Waals surface area contributed by atoms with Crippen LogP contribution in [0.3, 0.4) is 0 Å². The highest BCUT2D eigenvalue weighted by atomic mass is 16.5. The van der Waals surface area contributed by atoms with Gasteiger partial charge in [-0.2, -0.15) is 5.26 Å². The van der Waals surface area contributed by atoms with Crippen molar-refractivity contribution < 1.29 is 9.53 Å². The highest BCUT2D eigenvalue weighted by molar-refractivity contribution is 5.76. The largest absolute Gasteiger partial charge is 0.378 e. The number of nitriles is 1. The number of H-pyrrole nitrogens is 1. The van der Waals surface area contributed by atoms with E-state index in [-0.39, 0.29) is 23.5 Å². The normalized spacial score (nSPS) is 13.8. The molecule has 0 spiro atoms. The topological polar surface area (TPSA) is 111 Å². The van der Waals surface area contributed by atoms with Crippen LogP contribution in [0.15, 0.2) is 23.1 Å². The van der Waals surface area contributed by atoms with Crippen molar-refractivity contribution in [3.63, 3.8) is 0 Å². The molecule has 8 nitrogen and oxygen atoms in total. The lowest BCUT2D eigenvalue weighted by Gasteiger charge is -2.29. The van der Waals surface area contributed by atoms with Crippen molar-refractivity contribution in [1.29, 1.82) is 5.26 Å². The molecule has 2 aromatic heterocycles. The van der Waals surface area contributed by atoms with Crippen molar-refractivity contribution in [1.82, 2.24) is 15.3 Å². The van der Waals surface area contributed by atoms with Crippen LogP contribution in [-0.4, -0.2) is 42.2 Å². The molecule has 8 heteroatoms. The average molecular weight is 395 g/mol. The second-order valence-corrected chi connectivity index (χ2v) is 7.03. The Bertz CT molecular complexity index is 987. The third kappa shape index (κ3) is 4.81. The van der Waals surface area contributed by atoms with Gasteiger partial charge in [0.25, 0.3) is 5.56 Å². The summed E-state index contributed by atoms with van der Waals surface area (Å²) in [5.74, 6) is 0.785. The van der Waals surface area contributed by atoms with Crippen LogP contribution in [0.25, 0.3) is 0 Å². The van der Waals surface area contributed by atoms with E-state index >= 15 is 0 Å². The fourth-order valence-corrected chi connectivity index (χ4v) is 3.57. The molecule has 1 aliphatic heterocycles. The number of anilines is 1. The minimum absolute atomic E-state index is 0.0923. The Labute approximate surface area is 169 Å². The summed E-state index contributed by atoms with van der Waals surface area (Å²) in [6.07, 6.45) is 2.48. The second kappa shape index (κ2) is 9.34. The summed E-state index contributed by atoms with van der Waals surface area (Å²) in [4.78, 5) is 33.6. The van der Waals surface area contributed by atoms with E-state index in [4.69, 9.17) is 10.00 Å². The van der Waals surface area contributed by atoms with Crippen LogP contribution >= 0.6 is 0 Å². The molecule has 1 aliphatic rings. The van der Waals surface area contributed by atoms with Crippen molar-refractivity contribution in [3.8, 4) is 6.07 Å². The molecule has 0 saturated carbocycles. The zero-order valence-corrected chi connectivity index (χ0v) is 16.7. The zero-order chi connectivity index (χ0) is 20.8. The lowest BCUT2D eigenvalue weighted by atomic mass is 9.99. The van der Waals surface area contributed by atoms with Crippen molar-refractivity contribution in [2.24, 2.45) is 0 Å². The van der Waals surface area contributed by atoms with Crippen molar-refractivity contribution in [3.05, 3.63) is 56.6 Å². The molecule has 0 aliphatic carbocycles. The van der Waals surface area contributed by atoms with Crippen LogP contribution in [-0.2, 0) is 22.5 Å². The van der Waals surface area contributed by atoms with Gasteiger partial charge >= 0.3 is 0 Å². The zero-order valence-electron chi connectivity index (χ0n) is 16.7. The Morgan fingerprint density at radius 3 is 2.86 bits per heavy atom. The van der Waals surface area contributed by atoms with Crippen LogP contribution in [0.1, 0.15) is 34.4 Å². The predicted octanol–water partition coefficient (Wildman–Crippen LogP) is 1.34. The van der Waals surface area contributed by atoms with Gasteiger partial charge in [0.1, 0.15) is 17.5 Å². The minimum atomic E-state index is -0.386. The summed E-state index contributed by atoms with van der Waals surface area (Å²) in [7, 11) is 0. The molecule has 1 fully saturated rings. The molecule has 0 aromatic carbocycles. The fourth-order valence-electron chi connectivity index (χ4n) is 3.57. The third-order valence-corrected chi connectivity index (χ3v) is 5.18. The van der Waals surface area contributed by atoms with Gasteiger partial charge in [0, 0.05) is 43.5 Å². The molecular weight excluding hydrogens is 370 g/mol. The molecule has 0 atom stereocenters. The molecule has 29 heavy (non-hydrogen) atoms. The number of aromatic amines is 1. The summed E-state index contributed by atoms with van der Waals surface area (Å²) in [5, 5.41) is 12.1. The molecule has 152 valence electrons. The molecule has 2 aromatic rings. The summed E-state index contributed by atoms with van der Waals surface area (Å²) < 4.78 is 5.39. The number of pyridine rings is 2. The lowest BCUT2D eigenvalue weighted by molar-refractivity contribution is -0.121. The summed E-state index contributed by atoms with van der Waals surface area (Å²) >= 11 is 0. The van der Waals surface area contributed by atoms with E-state index in [9.17, 15) is 9.59 Å². The summed E-state index contributed by atoms with van der Waals surface area (Å²) in [6, 6.07) is 5.77. The number of aromatic nitrogens is 2. The van der Waals surface area contributed by atoms with Crippen molar-refractivity contribution in [2.75, 3.05) is 31.2 Å². The van der Waals surface area contributed by atoms with E-state index in [0.29, 0.717) is 37.4 Å². The van der Waals surface area contributed by atoms with E-state index in [1.54, 1.807) is 20.0 Å². The first-order valence-corrected chi connectivity index (χ1v) is 9.67. The van der Waals surface area contributed by atoms with Gasteiger partial charge in [-0.3, -0.25) is 9.59 Å². The molecule has 2 N–H and O–H groups in total. The number of ether oxygens (including phenoxy) is 1. The van der Waals surface area contributed by atoms with Crippen LogP contribution in [0, 0.1) is 25.2 Å². The molecular formula is C21H25N5O3. The number of carbonyl (C=O) groups excluding carboxylic acids is 1. The highest BCUT2D eigenvalue weighted by Crippen LogP contribution is 2.19.